The lowest BCUT2D eigenvalue weighted by molar-refractivity contribution is 0.0325. The van der Waals surface area contributed by atoms with Crippen LogP contribution in [0.3, 0.4) is 0 Å². The average Bonchev–Trinajstić information content (AvgIpc) is 2.53. The van der Waals surface area contributed by atoms with E-state index in [9.17, 15) is 15.3 Å². The topological polar surface area (TPSA) is 69.9 Å². The molecule has 0 radical (unpaired) electrons. The maximum absolute atomic E-state index is 9.92. The minimum absolute atomic E-state index is 0.0257. The zero-order chi connectivity index (χ0) is 15.2. The summed E-state index contributed by atoms with van der Waals surface area (Å²) in [5.74, 6) is 0.141. The van der Waals surface area contributed by atoms with Crippen LogP contribution in [0.2, 0.25) is 0 Å². The molecule has 0 amide bonds. The van der Waals surface area contributed by atoms with Crippen LogP contribution in [0.15, 0.2) is 48.5 Å². The first-order valence-electron chi connectivity index (χ1n) is 6.53. The van der Waals surface area contributed by atoms with Gasteiger partial charge in [0.1, 0.15) is 12.7 Å². The fraction of sp³-hybridized carbons (Fsp3) is 0.250. The van der Waals surface area contributed by atoms with Gasteiger partial charge in [-0.3, -0.25) is 0 Å². The summed E-state index contributed by atoms with van der Waals surface area (Å²) in [7, 11) is 0. The Morgan fingerprint density at radius 2 is 1.76 bits per heavy atom. The number of phenols is 1. The Bertz CT molecular complexity index is 574. The lowest BCUT2D eigenvalue weighted by Gasteiger charge is -2.17. The third-order valence-electron chi connectivity index (χ3n) is 3.09. The van der Waals surface area contributed by atoms with Gasteiger partial charge < -0.3 is 20.1 Å². The van der Waals surface area contributed by atoms with Crippen LogP contribution in [0, 0.1) is 0 Å². The molecule has 2 aromatic rings. The monoisotopic (exact) mass is 308 g/mol. The van der Waals surface area contributed by atoms with Crippen LogP contribution in [0.25, 0.3) is 0 Å². The fourth-order valence-electron chi connectivity index (χ4n) is 1.87. The number of benzene rings is 2. The first-order chi connectivity index (χ1) is 10.1. The number of aliphatic hydroxyl groups excluding tert-OH is 2. The van der Waals surface area contributed by atoms with Crippen molar-refractivity contribution in [2.24, 2.45) is 0 Å². The summed E-state index contributed by atoms with van der Waals surface area (Å²) in [6.07, 6.45) is -2.19. The first kappa shape index (κ1) is 15.6. The van der Waals surface area contributed by atoms with E-state index >= 15 is 0 Å². The molecule has 2 aromatic carbocycles. The fourth-order valence-corrected chi connectivity index (χ4v) is 2.04. The van der Waals surface area contributed by atoms with Crippen LogP contribution in [0.1, 0.15) is 17.2 Å². The molecule has 0 aromatic heterocycles. The zero-order valence-electron chi connectivity index (χ0n) is 11.3. The number of halogens is 1. The quantitative estimate of drug-likeness (QED) is 0.717. The number of hydrogen-bond acceptors (Lipinski definition) is 4. The van der Waals surface area contributed by atoms with Gasteiger partial charge in [-0.25, -0.2) is 0 Å². The largest absolute Gasteiger partial charge is 0.504 e. The van der Waals surface area contributed by atoms with Gasteiger partial charge in [0.2, 0.25) is 0 Å². The SMILES string of the molecule is Oc1ccc(C(O)C(O)CCl)cc1OCc1ccccc1. The molecular weight excluding hydrogens is 292 g/mol. The Hall–Kier alpha value is -1.75. The Balaban J connectivity index is 2.12. The van der Waals surface area contributed by atoms with Crippen LogP contribution >= 0.6 is 11.6 Å². The number of aliphatic hydroxyl groups is 2. The average molecular weight is 309 g/mol. The normalized spacial score (nSPS) is 13.7. The summed E-state index contributed by atoms with van der Waals surface area (Å²) in [5, 5.41) is 29.3. The standard InChI is InChI=1S/C16H17ClO4/c17-9-14(19)16(20)12-6-7-13(18)15(8-12)21-10-11-4-2-1-3-5-11/h1-8,14,16,18-20H,9-10H2. The Kier molecular flexibility index (Phi) is 5.44. The Morgan fingerprint density at radius 3 is 2.43 bits per heavy atom. The molecule has 0 aliphatic heterocycles. The van der Waals surface area contributed by atoms with Gasteiger partial charge in [-0.2, -0.15) is 0 Å². The summed E-state index contributed by atoms with van der Waals surface area (Å²) in [6, 6.07) is 14.0. The first-order valence-corrected chi connectivity index (χ1v) is 7.07. The summed E-state index contributed by atoms with van der Waals surface area (Å²) in [5.41, 5.74) is 1.40. The van der Waals surface area contributed by atoms with Gasteiger partial charge >= 0.3 is 0 Å². The molecule has 0 fully saturated rings. The van der Waals surface area contributed by atoms with Crippen molar-refractivity contribution in [3.8, 4) is 11.5 Å². The molecule has 5 heteroatoms. The van der Waals surface area contributed by atoms with Crippen LogP contribution in [0.5, 0.6) is 11.5 Å². The predicted octanol–water partition coefficient (Wildman–Crippen LogP) is 2.60. The smallest absolute Gasteiger partial charge is 0.161 e. The summed E-state index contributed by atoms with van der Waals surface area (Å²) in [6.45, 7) is 0.298. The second kappa shape index (κ2) is 7.31. The number of hydrogen-bond donors (Lipinski definition) is 3. The molecule has 112 valence electrons. The van der Waals surface area contributed by atoms with E-state index in [1.165, 1.54) is 18.2 Å². The van der Waals surface area contributed by atoms with E-state index in [1.54, 1.807) is 0 Å². The third kappa shape index (κ3) is 4.11. The van der Waals surface area contributed by atoms with Crippen molar-refractivity contribution in [1.82, 2.24) is 0 Å². The maximum Gasteiger partial charge on any atom is 0.161 e. The zero-order valence-corrected chi connectivity index (χ0v) is 12.1. The second-order valence-electron chi connectivity index (χ2n) is 4.67. The molecule has 0 heterocycles. The predicted molar refractivity (Wildman–Crippen MR) is 80.6 cm³/mol. The maximum atomic E-state index is 9.92. The van der Waals surface area contributed by atoms with Gasteiger partial charge in [0.15, 0.2) is 11.5 Å². The lowest BCUT2D eigenvalue weighted by atomic mass is 10.0. The van der Waals surface area contributed by atoms with Gasteiger partial charge in [-0.05, 0) is 23.3 Å². The van der Waals surface area contributed by atoms with Crippen molar-refractivity contribution < 1.29 is 20.1 Å². The Morgan fingerprint density at radius 1 is 1.05 bits per heavy atom. The van der Waals surface area contributed by atoms with Crippen molar-refractivity contribution in [3.63, 3.8) is 0 Å². The van der Waals surface area contributed by atoms with Gasteiger partial charge in [0, 0.05) is 0 Å². The summed E-state index contributed by atoms with van der Waals surface area (Å²) in [4.78, 5) is 0. The van der Waals surface area contributed by atoms with Crippen molar-refractivity contribution in [1.29, 1.82) is 0 Å². The summed E-state index contributed by atoms with van der Waals surface area (Å²) >= 11 is 5.52. The molecule has 0 bridgehead atoms. The number of phenolic OH excluding ortho intramolecular Hbond substituents is 1. The van der Waals surface area contributed by atoms with E-state index in [1.807, 2.05) is 30.3 Å². The van der Waals surface area contributed by atoms with Gasteiger partial charge in [-0.15, -0.1) is 11.6 Å². The number of alkyl halides is 1. The molecule has 0 spiro atoms. The van der Waals surface area contributed by atoms with Gasteiger partial charge in [-0.1, -0.05) is 36.4 Å². The molecule has 3 N–H and O–H groups in total. The van der Waals surface area contributed by atoms with Crippen LogP contribution in [0.4, 0.5) is 0 Å². The van der Waals surface area contributed by atoms with Crippen molar-refractivity contribution >= 4 is 11.6 Å². The molecule has 2 rings (SSSR count). The number of rotatable bonds is 6. The molecule has 0 aliphatic carbocycles. The van der Waals surface area contributed by atoms with Crippen LogP contribution in [-0.2, 0) is 6.61 Å². The van der Waals surface area contributed by atoms with Gasteiger partial charge in [0.05, 0.1) is 12.0 Å². The highest BCUT2D eigenvalue weighted by Gasteiger charge is 2.18. The minimum atomic E-state index is -1.12. The molecule has 0 saturated carbocycles. The lowest BCUT2D eigenvalue weighted by Crippen LogP contribution is -2.19. The minimum Gasteiger partial charge on any atom is -0.504 e. The van der Waals surface area contributed by atoms with E-state index in [4.69, 9.17) is 16.3 Å². The second-order valence-corrected chi connectivity index (χ2v) is 4.98. The van der Waals surface area contributed by atoms with E-state index in [0.29, 0.717) is 12.2 Å². The van der Waals surface area contributed by atoms with E-state index < -0.39 is 12.2 Å². The molecule has 0 aliphatic rings. The van der Waals surface area contributed by atoms with Crippen molar-refractivity contribution in [2.75, 3.05) is 5.88 Å². The van der Waals surface area contributed by atoms with Crippen LogP contribution < -0.4 is 4.74 Å². The van der Waals surface area contributed by atoms with Crippen molar-refractivity contribution in [2.45, 2.75) is 18.8 Å². The molecule has 21 heavy (non-hydrogen) atoms. The summed E-state index contributed by atoms with van der Waals surface area (Å²) < 4.78 is 5.55. The molecular formula is C16H17ClO4. The Labute approximate surface area is 128 Å². The molecule has 4 nitrogen and oxygen atoms in total. The molecule has 0 saturated heterocycles. The molecule has 2 atom stereocenters. The van der Waals surface area contributed by atoms with Crippen molar-refractivity contribution in [3.05, 3.63) is 59.7 Å². The third-order valence-corrected chi connectivity index (χ3v) is 3.40. The highest BCUT2D eigenvalue weighted by molar-refractivity contribution is 6.18. The number of ether oxygens (including phenoxy) is 1. The van der Waals surface area contributed by atoms with E-state index in [-0.39, 0.29) is 17.4 Å². The van der Waals surface area contributed by atoms with Gasteiger partial charge in [0.25, 0.3) is 0 Å². The highest BCUT2D eigenvalue weighted by Crippen LogP contribution is 2.31. The van der Waals surface area contributed by atoms with E-state index in [2.05, 4.69) is 0 Å². The van der Waals surface area contributed by atoms with E-state index in [0.717, 1.165) is 5.56 Å². The highest BCUT2D eigenvalue weighted by atomic mass is 35.5. The molecule has 2 unspecified atom stereocenters. The van der Waals surface area contributed by atoms with Crippen LogP contribution in [-0.4, -0.2) is 27.3 Å². The number of aromatic hydroxyl groups is 1.